The molecule has 2 heterocycles. The topological polar surface area (TPSA) is 46.0 Å². The smallest absolute Gasteiger partial charge is 0.141 e. The summed E-state index contributed by atoms with van der Waals surface area (Å²) in [5, 5.41) is 8.02. The highest BCUT2D eigenvalue weighted by Gasteiger charge is 2.31. The minimum Gasteiger partial charge on any atom is -0.313 e. The summed E-state index contributed by atoms with van der Waals surface area (Å²) in [4.78, 5) is 7.09. The zero-order valence-electron chi connectivity index (χ0n) is 12.8. The lowest BCUT2D eigenvalue weighted by molar-refractivity contribution is 0.199. The van der Waals surface area contributed by atoms with Gasteiger partial charge in [0.2, 0.25) is 0 Å². The van der Waals surface area contributed by atoms with Crippen LogP contribution in [0.3, 0.4) is 0 Å². The lowest BCUT2D eigenvalue weighted by Crippen LogP contribution is -2.44. The van der Waals surface area contributed by atoms with Crippen molar-refractivity contribution in [2.24, 2.45) is 0 Å². The van der Waals surface area contributed by atoms with Crippen molar-refractivity contribution in [2.75, 3.05) is 13.1 Å². The van der Waals surface area contributed by atoms with Crippen molar-refractivity contribution in [1.82, 2.24) is 25.0 Å². The SMILES string of the molecule is CC(C)n1ncnc1CN(CC1CCCCN1)C1CC1. The van der Waals surface area contributed by atoms with E-state index in [1.807, 2.05) is 0 Å². The van der Waals surface area contributed by atoms with Crippen LogP contribution in [0.4, 0.5) is 0 Å². The summed E-state index contributed by atoms with van der Waals surface area (Å²) in [5.74, 6) is 1.11. The van der Waals surface area contributed by atoms with Crippen molar-refractivity contribution in [3.8, 4) is 0 Å². The average molecular weight is 277 g/mol. The normalized spacial score (nSPS) is 23.7. The molecule has 2 fully saturated rings. The molecule has 1 aliphatic heterocycles. The van der Waals surface area contributed by atoms with Crippen LogP contribution in [0.5, 0.6) is 0 Å². The van der Waals surface area contributed by atoms with Gasteiger partial charge in [0.05, 0.1) is 6.54 Å². The van der Waals surface area contributed by atoms with Gasteiger partial charge in [-0.05, 0) is 46.1 Å². The summed E-state index contributed by atoms with van der Waals surface area (Å²) in [6.45, 7) is 7.63. The van der Waals surface area contributed by atoms with Crippen molar-refractivity contribution in [3.63, 3.8) is 0 Å². The lowest BCUT2D eigenvalue weighted by Gasteiger charge is -2.30. The predicted molar refractivity (Wildman–Crippen MR) is 79.5 cm³/mol. The van der Waals surface area contributed by atoms with Gasteiger partial charge < -0.3 is 5.32 Å². The summed E-state index contributed by atoms with van der Waals surface area (Å²) < 4.78 is 2.06. The van der Waals surface area contributed by atoms with Gasteiger partial charge in [-0.1, -0.05) is 6.42 Å². The van der Waals surface area contributed by atoms with Crippen molar-refractivity contribution in [2.45, 2.75) is 70.6 Å². The Bertz CT molecular complexity index is 418. The summed E-state index contributed by atoms with van der Waals surface area (Å²) in [6, 6.07) is 1.83. The molecule has 1 unspecified atom stereocenters. The monoisotopic (exact) mass is 277 g/mol. The molecule has 1 N–H and O–H groups in total. The molecular formula is C15H27N5. The average Bonchev–Trinajstić information content (AvgIpc) is 3.19. The van der Waals surface area contributed by atoms with E-state index in [9.17, 15) is 0 Å². The Morgan fingerprint density at radius 3 is 2.85 bits per heavy atom. The largest absolute Gasteiger partial charge is 0.313 e. The summed E-state index contributed by atoms with van der Waals surface area (Å²) in [5.41, 5.74) is 0. The van der Waals surface area contributed by atoms with Crippen molar-refractivity contribution >= 4 is 0 Å². The first-order chi connectivity index (χ1) is 9.74. The fraction of sp³-hybridized carbons (Fsp3) is 0.867. The molecular weight excluding hydrogens is 250 g/mol. The maximum Gasteiger partial charge on any atom is 0.141 e. The van der Waals surface area contributed by atoms with Crippen LogP contribution >= 0.6 is 0 Å². The van der Waals surface area contributed by atoms with Crippen LogP contribution in [0, 0.1) is 0 Å². The molecule has 1 saturated carbocycles. The number of hydrogen-bond donors (Lipinski definition) is 1. The van der Waals surface area contributed by atoms with E-state index in [0.29, 0.717) is 12.1 Å². The standard InChI is InChI=1S/C15H27N5/c1-12(2)20-15(17-11-18-20)10-19(14-6-7-14)9-13-5-3-4-8-16-13/h11-14,16H,3-10H2,1-2H3. The number of aromatic nitrogens is 3. The van der Waals surface area contributed by atoms with E-state index >= 15 is 0 Å². The van der Waals surface area contributed by atoms with Gasteiger partial charge in [0.15, 0.2) is 0 Å². The molecule has 0 spiro atoms. The molecule has 0 amide bonds. The Morgan fingerprint density at radius 2 is 2.20 bits per heavy atom. The molecule has 1 saturated heterocycles. The fourth-order valence-corrected chi connectivity index (χ4v) is 3.15. The Morgan fingerprint density at radius 1 is 1.35 bits per heavy atom. The summed E-state index contributed by atoms with van der Waals surface area (Å²) >= 11 is 0. The van der Waals surface area contributed by atoms with Gasteiger partial charge in [-0.25, -0.2) is 9.67 Å². The molecule has 5 nitrogen and oxygen atoms in total. The third-order valence-corrected chi connectivity index (χ3v) is 4.41. The first-order valence-corrected chi connectivity index (χ1v) is 8.10. The molecule has 3 rings (SSSR count). The molecule has 1 aromatic rings. The zero-order chi connectivity index (χ0) is 13.9. The van der Waals surface area contributed by atoms with Crippen LogP contribution in [0.25, 0.3) is 0 Å². The zero-order valence-corrected chi connectivity index (χ0v) is 12.8. The molecule has 1 aromatic heterocycles. The van der Waals surface area contributed by atoms with E-state index in [4.69, 9.17) is 0 Å². The van der Waals surface area contributed by atoms with Crippen molar-refractivity contribution < 1.29 is 0 Å². The van der Waals surface area contributed by atoms with Gasteiger partial charge in [0.1, 0.15) is 12.2 Å². The Kier molecular flexibility index (Phi) is 4.36. The Hall–Kier alpha value is -0.940. The molecule has 112 valence electrons. The summed E-state index contributed by atoms with van der Waals surface area (Å²) in [6.07, 6.45) is 8.42. The number of rotatable bonds is 6. The van der Waals surface area contributed by atoms with Gasteiger partial charge in [-0.15, -0.1) is 0 Å². The molecule has 20 heavy (non-hydrogen) atoms. The minimum absolute atomic E-state index is 0.390. The Labute approximate surface area is 121 Å². The maximum atomic E-state index is 4.47. The van der Waals surface area contributed by atoms with E-state index in [2.05, 4.69) is 38.8 Å². The molecule has 0 bridgehead atoms. The number of piperidine rings is 1. The van der Waals surface area contributed by atoms with Gasteiger partial charge in [-0.3, -0.25) is 4.90 Å². The number of nitrogens with one attached hydrogen (secondary N) is 1. The molecule has 2 aliphatic rings. The Balaban J connectivity index is 1.63. The van der Waals surface area contributed by atoms with E-state index in [1.165, 1.54) is 38.6 Å². The maximum absolute atomic E-state index is 4.47. The van der Waals surface area contributed by atoms with Crippen LogP contribution in [0.15, 0.2) is 6.33 Å². The van der Waals surface area contributed by atoms with E-state index in [-0.39, 0.29) is 0 Å². The second-order valence-electron chi connectivity index (χ2n) is 6.52. The molecule has 1 aliphatic carbocycles. The van der Waals surface area contributed by atoms with E-state index in [0.717, 1.165) is 25.0 Å². The fourth-order valence-electron chi connectivity index (χ4n) is 3.15. The van der Waals surface area contributed by atoms with Crippen LogP contribution < -0.4 is 5.32 Å². The van der Waals surface area contributed by atoms with Gasteiger partial charge in [0, 0.05) is 24.7 Å². The molecule has 0 radical (unpaired) electrons. The lowest BCUT2D eigenvalue weighted by atomic mass is 10.0. The highest BCUT2D eigenvalue weighted by molar-refractivity contribution is 4.93. The second kappa shape index (κ2) is 6.22. The second-order valence-corrected chi connectivity index (χ2v) is 6.52. The summed E-state index contributed by atoms with van der Waals surface area (Å²) in [7, 11) is 0. The van der Waals surface area contributed by atoms with Crippen molar-refractivity contribution in [3.05, 3.63) is 12.2 Å². The minimum atomic E-state index is 0.390. The van der Waals surface area contributed by atoms with Crippen LogP contribution in [0.1, 0.15) is 57.8 Å². The molecule has 1 atom stereocenters. The van der Waals surface area contributed by atoms with Crippen LogP contribution in [0.2, 0.25) is 0 Å². The molecule has 0 aromatic carbocycles. The number of nitrogens with zero attached hydrogens (tertiary/aromatic N) is 4. The van der Waals surface area contributed by atoms with Crippen LogP contribution in [-0.4, -0.2) is 44.8 Å². The predicted octanol–water partition coefficient (Wildman–Crippen LogP) is 1.97. The quantitative estimate of drug-likeness (QED) is 0.863. The number of hydrogen-bond acceptors (Lipinski definition) is 4. The van der Waals surface area contributed by atoms with Gasteiger partial charge in [0.25, 0.3) is 0 Å². The third-order valence-electron chi connectivity index (χ3n) is 4.41. The van der Waals surface area contributed by atoms with Gasteiger partial charge in [-0.2, -0.15) is 5.10 Å². The van der Waals surface area contributed by atoms with E-state index < -0.39 is 0 Å². The first-order valence-electron chi connectivity index (χ1n) is 8.10. The highest BCUT2D eigenvalue weighted by Crippen LogP contribution is 2.29. The van der Waals surface area contributed by atoms with Crippen molar-refractivity contribution in [1.29, 1.82) is 0 Å². The first kappa shape index (κ1) is 14.0. The van der Waals surface area contributed by atoms with E-state index in [1.54, 1.807) is 6.33 Å². The highest BCUT2D eigenvalue weighted by atomic mass is 15.4. The van der Waals surface area contributed by atoms with Gasteiger partial charge >= 0.3 is 0 Å². The molecule has 5 heteroatoms. The third kappa shape index (κ3) is 3.38. The van der Waals surface area contributed by atoms with Crippen LogP contribution in [-0.2, 0) is 6.54 Å².